The minimum atomic E-state index is -0.676. The summed E-state index contributed by atoms with van der Waals surface area (Å²) >= 11 is 0. The molecule has 0 aliphatic heterocycles. The predicted octanol–water partition coefficient (Wildman–Crippen LogP) is 2.52. The van der Waals surface area contributed by atoms with Crippen molar-refractivity contribution in [2.24, 2.45) is 11.7 Å². The lowest BCUT2D eigenvalue weighted by molar-refractivity contribution is -0.124. The minimum absolute atomic E-state index is 0.0465. The average molecular weight is 270 g/mol. The van der Waals surface area contributed by atoms with Crippen LogP contribution in [-0.2, 0) is 4.79 Å². The van der Waals surface area contributed by atoms with E-state index in [1.807, 2.05) is 13.8 Å². The van der Waals surface area contributed by atoms with Gasteiger partial charge in [-0.15, -0.1) is 0 Å². The Balaban J connectivity index is 2.74. The summed E-state index contributed by atoms with van der Waals surface area (Å²) in [6, 6.07) is 2.10. The van der Waals surface area contributed by atoms with Gasteiger partial charge in [0.05, 0.1) is 12.1 Å². The number of nitrogens with one attached hydrogen (secondary N) is 1. The Kier molecular flexibility index (Phi) is 5.42. The number of carbonyl (C=O) groups excluding carboxylic acids is 1. The molecule has 0 bridgehead atoms. The molecule has 0 saturated heterocycles. The van der Waals surface area contributed by atoms with E-state index in [4.69, 9.17) is 5.73 Å². The molecule has 0 aliphatic rings. The first-order valence-corrected chi connectivity index (χ1v) is 6.37. The van der Waals surface area contributed by atoms with E-state index in [0.717, 1.165) is 18.6 Å². The highest BCUT2D eigenvalue weighted by molar-refractivity contribution is 5.82. The molecule has 0 aliphatic carbocycles. The second kappa shape index (κ2) is 6.61. The quantitative estimate of drug-likeness (QED) is 0.863. The Labute approximate surface area is 112 Å². The highest BCUT2D eigenvalue weighted by Gasteiger charge is 2.22. The van der Waals surface area contributed by atoms with Crippen LogP contribution in [0.2, 0.25) is 0 Å². The first kappa shape index (κ1) is 15.6. The van der Waals surface area contributed by atoms with E-state index in [0.29, 0.717) is 0 Å². The van der Waals surface area contributed by atoms with Crippen LogP contribution in [0.5, 0.6) is 0 Å². The van der Waals surface area contributed by atoms with E-state index in [1.165, 1.54) is 6.07 Å². The van der Waals surface area contributed by atoms with Crippen LogP contribution in [0.25, 0.3) is 0 Å². The van der Waals surface area contributed by atoms with Gasteiger partial charge in [-0.25, -0.2) is 8.78 Å². The molecule has 1 amide bonds. The van der Waals surface area contributed by atoms with E-state index in [1.54, 1.807) is 6.92 Å². The van der Waals surface area contributed by atoms with Crippen LogP contribution in [0.15, 0.2) is 18.2 Å². The lowest BCUT2D eigenvalue weighted by atomic mass is 9.98. The van der Waals surface area contributed by atoms with Crippen molar-refractivity contribution >= 4 is 5.91 Å². The third-order valence-corrected chi connectivity index (χ3v) is 3.35. The number of amides is 1. The van der Waals surface area contributed by atoms with Gasteiger partial charge in [-0.05, 0) is 18.9 Å². The van der Waals surface area contributed by atoms with Crippen LogP contribution in [0.4, 0.5) is 8.78 Å². The highest BCUT2D eigenvalue weighted by Crippen LogP contribution is 2.18. The number of hydrogen-bond donors (Lipinski definition) is 2. The fourth-order valence-electron chi connectivity index (χ4n) is 1.75. The number of carbonyl (C=O) groups is 1. The number of halogens is 2. The van der Waals surface area contributed by atoms with Crippen LogP contribution in [0.3, 0.4) is 0 Å². The van der Waals surface area contributed by atoms with Gasteiger partial charge in [-0.3, -0.25) is 4.79 Å². The average Bonchev–Trinajstić information content (AvgIpc) is 2.36. The van der Waals surface area contributed by atoms with Crippen molar-refractivity contribution in [3.05, 3.63) is 35.4 Å². The molecular formula is C14H20F2N2O. The maximum atomic E-state index is 13.6. The molecule has 0 fully saturated rings. The van der Waals surface area contributed by atoms with Gasteiger partial charge < -0.3 is 11.1 Å². The van der Waals surface area contributed by atoms with E-state index in [2.05, 4.69) is 5.32 Å². The van der Waals surface area contributed by atoms with Crippen molar-refractivity contribution in [3.8, 4) is 0 Å². The predicted molar refractivity (Wildman–Crippen MR) is 70.3 cm³/mol. The monoisotopic (exact) mass is 270 g/mol. The van der Waals surface area contributed by atoms with Crippen LogP contribution in [-0.4, -0.2) is 11.9 Å². The molecule has 3 atom stereocenters. The van der Waals surface area contributed by atoms with Crippen molar-refractivity contribution in [2.45, 2.75) is 39.3 Å². The van der Waals surface area contributed by atoms with Gasteiger partial charge in [0.1, 0.15) is 11.6 Å². The van der Waals surface area contributed by atoms with Crippen LogP contribution >= 0.6 is 0 Å². The van der Waals surface area contributed by atoms with Gasteiger partial charge in [0.15, 0.2) is 0 Å². The van der Waals surface area contributed by atoms with Crippen molar-refractivity contribution in [1.82, 2.24) is 5.32 Å². The first-order chi connectivity index (χ1) is 8.86. The minimum Gasteiger partial charge on any atom is -0.348 e. The van der Waals surface area contributed by atoms with Gasteiger partial charge in [-0.1, -0.05) is 26.3 Å². The number of hydrogen-bond acceptors (Lipinski definition) is 2. The molecule has 0 aromatic heterocycles. The van der Waals surface area contributed by atoms with E-state index in [9.17, 15) is 13.6 Å². The largest absolute Gasteiger partial charge is 0.348 e. The molecular weight excluding hydrogens is 250 g/mol. The molecule has 0 spiro atoms. The number of benzene rings is 1. The summed E-state index contributed by atoms with van der Waals surface area (Å²) in [6.45, 7) is 5.46. The molecule has 3 unspecified atom stereocenters. The summed E-state index contributed by atoms with van der Waals surface area (Å²) in [7, 11) is 0. The molecule has 0 radical (unpaired) electrons. The Bertz CT molecular complexity index is 451. The smallest absolute Gasteiger partial charge is 0.237 e. The van der Waals surface area contributed by atoms with Crippen LogP contribution in [0.1, 0.15) is 38.8 Å². The Morgan fingerprint density at radius 3 is 2.53 bits per heavy atom. The normalized spacial score (nSPS) is 15.7. The second-order valence-electron chi connectivity index (χ2n) is 4.81. The fourth-order valence-corrected chi connectivity index (χ4v) is 1.75. The standard InChI is InChI=1S/C14H20F2N2O/c1-4-8(2)13(17)14(19)18-9(3)11-6-5-10(15)7-12(11)16/h5-9,13H,4,17H2,1-3H3,(H,18,19). The van der Waals surface area contributed by atoms with Gasteiger partial charge in [-0.2, -0.15) is 0 Å². The zero-order chi connectivity index (χ0) is 14.6. The first-order valence-electron chi connectivity index (χ1n) is 6.37. The van der Waals surface area contributed by atoms with Crippen molar-refractivity contribution < 1.29 is 13.6 Å². The Morgan fingerprint density at radius 1 is 1.37 bits per heavy atom. The summed E-state index contributed by atoms with van der Waals surface area (Å²) in [6.07, 6.45) is 0.786. The van der Waals surface area contributed by atoms with Crippen molar-refractivity contribution in [1.29, 1.82) is 0 Å². The topological polar surface area (TPSA) is 55.1 Å². The fraction of sp³-hybridized carbons (Fsp3) is 0.500. The summed E-state index contributed by atoms with van der Waals surface area (Å²) in [5.41, 5.74) is 6.04. The van der Waals surface area contributed by atoms with E-state index < -0.39 is 23.7 Å². The lowest BCUT2D eigenvalue weighted by Gasteiger charge is -2.21. The zero-order valence-electron chi connectivity index (χ0n) is 11.4. The van der Waals surface area contributed by atoms with Crippen LogP contribution in [0, 0.1) is 17.6 Å². The Morgan fingerprint density at radius 2 is 2.00 bits per heavy atom. The van der Waals surface area contributed by atoms with E-state index >= 15 is 0 Å². The number of rotatable bonds is 5. The molecule has 3 nitrogen and oxygen atoms in total. The summed E-state index contributed by atoms with van der Waals surface area (Å²) in [5.74, 6) is -1.60. The molecule has 0 saturated carbocycles. The molecule has 0 heterocycles. The molecule has 1 aromatic carbocycles. The summed E-state index contributed by atoms with van der Waals surface area (Å²) in [4.78, 5) is 11.9. The molecule has 5 heteroatoms. The lowest BCUT2D eigenvalue weighted by Crippen LogP contribution is -2.45. The maximum absolute atomic E-state index is 13.6. The van der Waals surface area contributed by atoms with Crippen molar-refractivity contribution in [3.63, 3.8) is 0 Å². The van der Waals surface area contributed by atoms with Gasteiger partial charge in [0.25, 0.3) is 0 Å². The molecule has 1 rings (SSSR count). The summed E-state index contributed by atoms with van der Waals surface area (Å²) in [5, 5.41) is 2.65. The SMILES string of the molecule is CCC(C)C(N)C(=O)NC(C)c1ccc(F)cc1F. The third-order valence-electron chi connectivity index (χ3n) is 3.35. The van der Waals surface area contributed by atoms with E-state index in [-0.39, 0.29) is 17.4 Å². The highest BCUT2D eigenvalue weighted by atomic mass is 19.1. The van der Waals surface area contributed by atoms with Crippen molar-refractivity contribution in [2.75, 3.05) is 0 Å². The number of nitrogens with two attached hydrogens (primary N) is 1. The molecule has 1 aromatic rings. The Hall–Kier alpha value is -1.49. The summed E-state index contributed by atoms with van der Waals surface area (Å²) < 4.78 is 26.4. The van der Waals surface area contributed by atoms with Gasteiger partial charge in [0, 0.05) is 11.6 Å². The molecule has 3 N–H and O–H groups in total. The molecule has 19 heavy (non-hydrogen) atoms. The van der Waals surface area contributed by atoms with Gasteiger partial charge in [0.2, 0.25) is 5.91 Å². The molecule has 106 valence electrons. The second-order valence-corrected chi connectivity index (χ2v) is 4.81. The third kappa shape index (κ3) is 3.99. The van der Waals surface area contributed by atoms with Crippen LogP contribution < -0.4 is 11.1 Å². The zero-order valence-corrected chi connectivity index (χ0v) is 11.4. The van der Waals surface area contributed by atoms with Gasteiger partial charge >= 0.3 is 0 Å². The maximum Gasteiger partial charge on any atom is 0.237 e.